The molecule has 0 radical (unpaired) electrons. The van der Waals surface area contributed by atoms with E-state index in [-0.39, 0.29) is 0 Å². The van der Waals surface area contributed by atoms with Crippen LogP contribution in [0.1, 0.15) is 17.2 Å². The van der Waals surface area contributed by atoms with E-state index in [0.717, 1.165) is 36.6 Å². The van der Waals surface area contributed by atoms with Gasteiger partial charge in [0.25, 0.3) is 0 Å². The Labute approximate surface area is 129 Å². The molecule has 0 saturated carbocycles. The summed E-state index contributed by atoms with van der Waals surface area (Å²) in [6, 6.07) is 6.25. The summed E-state index contributed by atoms with van der Waals surface area (Å²) in [6.07, 6.45) is 5.49. The van der Waals surface area contributed by atoms with E-state index in [0.29, 0.717) is 5.88 Å². The van der Waals surface area contributed by atoms with Gasteiger partial charge in [-0.3, -0.25) is 0 Å². The number of alkyl halides is 1. The zero-order valence-corrected chi connectivity index (χ0v) is 13.1. The molecule has 2 aromatic heterocycles. The summed E-state index contributed by atoms with van der Waals surface area (Å²) in [4.78, 5) is 9.13. The van der Waals surface area contributed by atoms with Crippen LogP contribution in [0.3, 0.4) is 0 Å². The van der Waals surface area contributed by atoms with Crippen molar-refractivity contribution >= 4 is 22.6 Å². The molecule has 0 unspecified atom stereocenters. The molecule has 0 N–H and O–H groups in total. The summed E-state index contributed by atoms with van der Waals surface area (Å²) >= 11 is 5.93. The van der Waals surface area contributed by atoms with Crippen LogP contribution in [-0.2, 0) is 26.4 Å². The lowest BCUT2D eigenvalue weighted by Crippen LogP contribution is -2.10. The van der Waals surface area contributed by atoms with Crippen LogP contribution >= 0.6 is 11.6 Å². The van der Waals surface area contributed by atoms with E-state index < -0.39 is 0 Å². The van der Waals surface area contributed by atoms with E-state index in [9.17, 15) is 0 Å². The fourth-order valence-electron chi connectivity index (χ4n) is 2.78. The van der Waals surface area contributed by atoms with Gasteiger partial charge in [-0.2, -0.15) is 0 Å². The second-order valence-corrected chi connectivity index (χ2v) is 5.64. The largest absolute Gasteiger partial charge is 0.338 e. The Morgan fingerprint density at radius 3 is 2.76 bits per heavy atom. The van der Waals surface area contributed by atoms with Crippen molar-refractivity contribution < 1.29 is 0 Å². The first kappa shape index (κ1) is 14.1. The molecule has 110 valence electrons. The predicted molar refractivity (Wildman–Crippen MR) is 85.8 cm³/mol. The van der Waals surface area contributed by atoms with Gasteiger partial charge in [-0.15, -0.1) is 11.6 Å². The molecule has 0 spiro atoms. The summed E-state index contributed by atoms with van der Waals surface area (Å²) in [7, 11) is 2.03. The van der Waals surface area contributed by atoms with Crippen molar-refractivity contribution in [2.75, 3.05) is 5.88 Å². The normalized spacial score (nSPS) is 11.4. The molecule has 21 heavy (non-hydrogen) atoms. The van der Waals surface area contributed by atoms with E-state index >= 15 is 0 Å². The third kappa shape index (κ3) is 2.68. The van der Waals surface area contributed by atoms with Gasteiger partial charge in [-0.25, -0.2) is 9.97 Å². The number of fused-ring (bicyclic) bond motifs is 1. The van der Waals surface area contributed by atoms with Crippen LogP contribution < -0.4 is 0 Å². The number of aryl methyl sites for hydroxylation is 5. The standard InChI is InChI=1S/C16H19ClN4/c1-12-4-3-5-13-16(12)21(15(19-13)6-8-17)10-7-14-18-9-11-20(14)2/h3-5,9,11H,6-8,10H2,1-2H3. The molecule has 0 bridgehead atoms. The zero-order valence-electron chi connectivity index (χ0n) is 12.4. The van der Waals surface area contributed by atoms with Crippen molar-refractivity contribution in [1.82, 2.24) is 19.1 Å². The molecule has 0 fully saturated rings. The van der Waals surface area contributed by atoms with E-state index in [1.165, 1.54) is 11.1 Å². The highest BCUT2D eigenvalue weighted by atomic mass is 35.5. The van der Waals surface area contributed by atoms with Gasteiger partial charge in [-0.05, 0) is 18.6 Å². The van der Waals surface area contributed by atoms with Gasteiger partial charge in [-0.1, -0.05) is 12.1 Å². The average Bonchev–Trinajstić information content (AvgIpc) is 3.02. The monoisotopic (exact) mass is 302 g/mol. The highest BCUT2D eigenvalue weighted by molar-refractivity contribution is 6.17. The molecule has 0 saturated heterocycles. The van der Waals surface area contributed by atoms with Crippen LogP contribution in [0.15, 0.2) is 30.6 Å². The summed E-state index contributed by atoms with van der Waals surface area (Å²) in [5, 5.41) is 0. The number of aromatic nitrogens is 4. The van der Waals surface area contributed by atoms with E-state index in [1.54, 1.807) is 0 Å². The number of para-hydroxylation sites is 1. The number of rotatable bonds is 5. The van der Waals surface area contributed by atoms with Gasteiger partial charge in [0, 0.05) is 44.7 Å². The SMILES string of the molecule is Cc1cccc2nc(CCCl)n(CCc3nccn3C)c12. The fraction of sp³-hybridized carbons (Fsp3) is 0.375. The number of benzene rings is 1. The lowest BCUT2D eigenvalue weighted by Gasteiger charge is -2.10. The van der Waals surface area contributed by atoms with E-state index in [1.807, 2.05) is 19.4 Å². The zero-order chi connectivity index (χ0) is 14.8. The third-order valence-corrected chi connectivity index (χ3v) is 4.03. The summed E-state index contributed by atoms with van der Waals surface area (Å²) < 4.78 is 4.36. The quantitative estimate of drug-likeness (QED) is 0.679. The second kappa shape index (κ2) is 5.90. The molecule has 2 heterocycles. The Balaban J connectivity index is 1.98. The topological polar surface area (TPSA) is 35.6 Å². The molecule has 5 heteroatoms. The average molecular weight is 303 g/mol. The predicted octanol–water partition coefficient (Wildman–Crippen LogP) is 3.10. The summed E-state index contributed by atoms with van der Waals surface area (Å²) in [5.41, 5.74) is 3.52. The number of halogens is 1. The minimum atomic E-state index is 0.588. The van der Waals surface area contributed by atoms with Crippen molar-refractivity contribution in [3.8, 4) is 0 Å². The number of hydrogen-bond donors (Lipinski definition) is 0. The van der Waals surface area contributed by atoms with E-state index in [4.69, 9.17) is 16.6 Å². The van der Waals surface area contributed by atoms with Crippen LogP contribution in [0.25, 0.3) is 11.0 Å². The molecule has 0 amide bonds. The minimum absolute atomic E-state index is 0.588. The van der Waals surface area contributed by atoms with Crippen LogP contribution in [0, 0.1) is 6.92 Å². The Morgan fingerprint density at radius 2 is 2.05 bits per heavy atom. The van der Waals surface area contributed by atoms with Gasteiger partial charge in [0.1, 0.15) is 11.6 Å². The molecule has 0 aliphatic heterocycles. The first-order chi connectivity index (χ1) is 10.2. The first-order valence-electron chi connectivity index (χ1n) is 7.17. The van der Waals surface area contributed by atoms with Gasteiger partial charge in [0.05, 0.1) is 11.0 Å². The fourth-order valence-corrected chi connectivity index (χ4v) is 2.95. The third-order valence-electron chi connectivity index (χ3n) is 3.85. The van der Waals surface area contributed by atoms with Crippen molar-refractivity contribution in [3.05, 3.63) is 47.8 Å². The molecule has 4 nitrogen and oxygen atoms in total. The second-order valence-electron chi connectivity index (χ2n) is 5.27. The van der Waals surface area contributed by atoms with Crippen molar-refractivity contribution in [2.45, 2.75) is 26.3 Å². The smallest absolute Gasteiger partial charge is 0.111 e. The Bertz CT molecular complexity index is 757. The maximum absolute atomic E-state index is 5.93. The van der Waals surface area contributed by atoms with Crippen LogP contribution in [-0.4, -0.2) is 25.0 Å². The molecule has 3 aromatic rings. The first-order valence-corrected chi connectivity index (χ1v) is 7.71. The summed E-state index contributed by atoms with van der Waals surface area (Å²) in [6.45, 7) is 3.00. The van der Waals surface area contributed by atoms with Crippen molar-refractivity contribution in [2.24, 2.45) is 7.05 Å². The van der Waals surface area contributed by atoms with Crippen molar-refractivity contribution in [3.63, 3.8) is 0 Å². The molecular weight excluding hydrogens is 284 g/mol. The van der Waals surface area contributed by atoms with Gasteiger partial charge in [0.2, 0.25) is 0 Å². The number of imidazole rings is 2. The molecular formula is C16H19ClN4. The lowest BCUT2D eigenvalue weighted by molar-refractivity contribution is 0.637. The molecule has 0 aliphatic carbocycles. The maximum atomic E-state index is 5.93. The van der Waals surface area contributed by atoms with Crippen molar-refractivity contribution in [1.29, 1.82) is 0 Å². The minimum Gasteiger partial charge on any atom is -0.338 e. The number of nitrogens with zero attached hydrogens (tertiary/aromatic N) is 4. The Kier molecular flexibility index (Phi) is 3.97. The van der Waals surface area contributed by atoms with Crippen LogP contribution in [0.5, 0.6) is 0 Å². The van der Waals surface area contributed by atoms with Gasteiger partial charge >= 0.3 is 0 Å². The molecule has 3 rings (SSSR count). The number of hydrogen-bond acceptors (Lipinski definition) is 2. The molecule has 0 aliphatic rings. The van der Waals surface area contributed by atoms with E-state index in [2.05, 4.69) is 39.2 Å². The Hall–Kier alpha value is -1.81. The van der Waals surface area contributed by atoms with Gasteiger partial charge in [0.15, 0.2) is 0 Å². The Morgan fingerprint density at radius 1 is 1.19 bits per heavy atom. The summed E-state index contributed by atoms with van der Waals surface area (Å²) in [5.74, 6) is 2.73. The highest BCUT2D eigenvalue weighted by Gasteiger charge is 2.12. The maximum Gasteiger partial charge on any atom is 0.111 e. The van der Waals surface area contributed by atoms with Crippen LogP contribution in [0.4, 0.5) is 0 Å². The molecule has 1 aromatic carbocycles. The lowest BCUT2D eigenvalue weighted by atomic mass is 10.2. The molecule has 0 atom stereocenters. The highest BCUT2D eigenvalue weighted by Crippen LogP contribution is 2.21. The van der Waals surface area contributed by atoms with Crippen LogP contribution in [0.2, 0.25) is 0 Å². The van der Waals surface area contributed by atoms with Gasteiger partial charge < -0.3 is 9.13 Å².